The van der Waals surface area contributed by atoms with Crippen molar-refractivity contribution in [3.8, 4) is 5.75 Å². The minimum Gasteiger partial charge on any atom is -0.494 e. The van der Waals surface area contributed by atoms with Gasteiger partial charge in [0.1, 0.15) is 11.6 Å². The standard InChI is InChI=1S/C35H48BrN9O4S/c1-42-16-18-44(19-17-42)26-11-14-45(15-12-26)30-22-32(49-3)29-21-25(30)8-10-33(46)37-13-5-6-24-7-9-28(31(20-24)43(2)50(4,47)48)39-34-27(36)23-38-35(40-29)41-34/h7,9,20-23,26H,5-6,8,10-19H2,1-4H3,(H,37,46)(H2,38,39,40,41). The highest BCUT2D eigenvalue weighted by Gasteiger charge is 2.28. The van der Waals surface area contributed by atoms with Crippen molar-refractivity contribution >= 4 is 66.4 Å². The molecule has 3 aromatic rings. The molecular weight excluding hydrogens is 722 g/mol. The lowest BCUT2D eigenvalue weighted by atomic mass is 9.98. The molecule has 5 heterocycles. The fourth-order valence-corrected chi connectivity index (χ4v) is 7.73. The number of carbonyl (C=O) groups excluding carboxylic acids is 1. The molecule has 2 aromatic carbocycles. The molecule has 1 aromatic heterocycles. The van der Waals surface area contributed by atoms with Gasteiger partial charge in [-0.15, -0.1) is 0 Å². The molecule has 7 rings (SSSR count). The first-order valence-electron chi connectivity index (χ1n) is 17.3. The SMILES string of the molecule is COc1cc(N2CCC(N3CCN(C)CC3)CC2)c2cc1Nc1ncc(Br)c(n1)Nc1ccc(cc1N(C)S(C)(=O)=O)CCCNC(=O)CC2. The number of rotatable bonds is 5. The maximum Gasteiger partial charge on any atom is 0.232 e. The molecule has 0 unspecified atom stereocenters. The molecule has 3 N–H and O–H groups in total. The normalized spacial score (nSPS) is 18.7. The van der Waals surface area contributed by atoms with E-state index in [1.54, 1.807) is 13.3 Å². The Morgan fingerprint density at radius 2 is 1.74 bits per heavy atom. The topological polar surface area (TPSA) is 135 Å². The van der Waals surface area contributed by atoms with Gasteiger partial charge >= 0.3 is 0 Å². The van der Waals surface area contributed by atoms with Crippen LogP contribution in [0.3, 0.4) is 0 Å². The van der Waals surface area contributed by atoms with Gasteiger partial charge in [-0.2, -0.15) is 4.98 Å². The van der Waals surface area contributed by atoms with Crippen molar-refractivity contribution in [1.82, 2.24) is 25.1 Å². The van der Waals surface area contributed by atoms with E-state index < -0.39 is 10.0 Å². The van der Waals surface area contributed by atoms with Gasteiger partial charge in [-0.3, -0.25) is 14.0 Å². The maximum absolute atomic E-state index is 13.1. The van der Waals surface area contributed by atoms with E-state index >= 15 is 0 Å². The van der Waals surface area contributed by atoms with Gasteiger partial charge in [-0.1, -0.05) is 6.07 Å². The number of hydrogen-bond acceptors (Lipinski definition) is 11. The van der Waals surface area contributed by atoms with E-state index in [0.717, 1.165) is 68.9 Å². The molecule has 6 bridgehead atoms. The van der Waals surface area contributed by atoms with Crippen LogP contribution in [0.2, 0.25) is 0 Å². The van der Waals surface area contributed by atoms with E-state index in [0.29, 0.717) is 77.3 Å². The Morgan fingerprint density at radius 3 is 2.46 bits per heavy atom. The van der Waals surface area contributed by atoms with Crippen LogP contribution in [0, 0.1) is 0 Å². The summed E-state index contributed by atoms with van der Waals surface area (Å²) >= 11 is 3.56. The van der Waals surface area contributed by atoms with E-state index in [2.05, 4.69) is 70.7 Å². The summed E-state index contributed by atoms with van der Waals surface area (Å²) in [5, 5.41) is 9.76. The summed E-state index contributed by atoms with van der Waals surface area (Å²) in [5.41, 5.74) is 4.85. The molecular formula is C35H48BrN9O4S. The second kappa shape index (κ2) is 15.7. The number of likely N-dealkylation sites (N-methyl/N-ethyl adjacent to an activating group) is 1. The predicted molar refractivity (Wildman–Crippen MR) is 203 cm³/mol. The Hall–Kier alpha value is -3.66. The zero-order valence-electron chi connectivity index (χ0n) is 29.3. The second-order valence-electron chi connectivity index (χ2n) is 13.4. The lowest BCUT2D eigenvalue weighted by Gasteiger charge is -2.43. The van der Waals surface area contributed by atoms with Crippen LogP contribution in [-0.4, -0.2) is 113 Å². The lowest BCUT2D eigenvalue weighted by molar-refractivity contribution is -0.121. The van der Waals surface area contributed by atoms with Gasteiger partial charge in [-0.25, -0.2) is 13.4 Å². The number of halogens is 1. The summed E-state index contributed by atoms with van der Waals surface area (Å²) < 4.78 is 33.0. The molecule has 0 aliphatic carbocycles. The first-order chi connectivity index (χ1) is 24.0. The molecule has 0 atom stereocenters. The number of aromatic nitrogens is 2. The quantitative estimate of drug-likeness (QED) is 0.342. The van der Waals surface area contributed by atoms with Crippen LogP contribution >= 0.6 is 15.9 Å². The number of fused-ring (bicyclic) bond motifs is 8. The molecule has 0 radical (unpaired) electrons. The van der Waals surface area contributed by atoms with E-state index in [1.807, 2.05) is 18.2 Å². The third-order valence-corrected chi connectivity index (χ3v) is 11.8. The second-order valence-corrected chi connectivity index (χ2v) is 16.3. The number of amides is 1. The molecule has 13 nitrogen and oxygen atoms in total. The number of anilines is 6. The number of ether oxygens (including phenoxy) is 1. The number of piperidine rings is 1. The summed E-state index contributed by atoms with van der Waals surface area (Å²) in [4.78, 5) is 29.9. The molecule has 2 fully saturated rings. The highest BCUT2D eigenvalue weighted by atomic mass is 79.9. The van der Waals surface area contributed by atoms with Gasteiger partial charge in [0.05, 0.1) is 34.9 Å². The van der Waals surface area contributed by atoms with Gasteiger partial charge in [0.2, 0.25) is 21.9 Å². The number of aryl methyl sites for hydroxylation is 2. The van der Waals surface area contributed by atoms with Crippen molar-refractivity contribution in [2.24, 2.45) is 0 Å². The van der Waals surface area contributed by atoms with Crippen LogP contribution in [0.4, 0.5) is 34.5 Å². The van der Waals surface area contributed by atoms with Gasteiger partial charge in [0, 0.05) is 83.3 Å². The van der Waals surface area contributed by atoms with Crippen LogP contribution in [0.15, 0.2) is 41.0 Å². The van der Waals surface area contributed by atoms with Crippen LogP contribution in [0.5, 0.6) is 5.75 Å². The third kappa shape index (κ3) is 8.61. The summed E-state index contributed by atoms with van der Waals surface area (Å²) in [5.74, 6) is 1.43. The molecule has 15 heteroatoms. The first-order valence-corrected chi connectivity index (χ1v) is 19.9. The monoisotopic (exact) mass is 769 g/mol. The van der Waals surface area contributed by atoms with E-state index in [-0.39, 0.29) is 5.91 Å². The number of nitrogens with zero attached hydrogens (tertiary/aromatic N) is 6. The summed E-state index contributed by atoms with van der Waals surface area (Å²) in [6, 6.07) is 10.4. The zero-order valence-corrected chi connectivity index (χ0v) is 31.7. The van der Waals surface area contributed by atoms with E-state index in [4.69, 9.17) is 9.72 Å². The zero-order chi connectivity index (χ0) is 35.4. The third-order valence-electron chi connectivity index (χ3n) is 9.99. The van der Waals surface area contributed by atoms with Crippen molar-refractivity contribution < 1.29 is 17.9 Å². The molecule has 0 saturated carbocycles. The van der Waals surface area contributed by atoms with Crippen molar-refractivity contribution in [3.63, 3.8) is 0 Å². The van der Waals surface area contributed by atoms with Crippen LogP contribution < -0.4 is 29.9 Å². The van der Waals surface area contributed by atoms with Gasteiger partial charge in [-0.05, 0) is 84.4 Å². The Bertz CT molecular complexity index is 1790. The molecule has 50 heavy (non-hydrogen) atoms. The first kappa shape index (κ1) is 36.1. The Balaban J connectivity index is 1.31. The van der Waals surface area contributed by atoms with Crippen molar-refractivity contribution in [1.29, 1.82) is 0 Å². The molecule has 4 aliphatic rings. The molecule has 0 spiro atoms. The summed E-state index contributed by atoms with van der Waals surface area (Å²) in [7, 11) is 1.82. The Labute approximate surface area is 303 Å². The van der Waals surface area contributed by atoms with Crippen LogP contribution in [-0.2, 0) is 27.7 Å². The number of hydrogen-bond donors (Lipinski definition) is 3. The number of piperazine rings is 1. The fourth-order valence-electron chi connectivity index (χ4n) is 6.93. The van der Waals surface area contributed by atoms with Crippen molar-refractivity contribution in [3.05, 3.63) is 52.1 Å². The van der Waals surface area contributed by atoms with E-state index in [1.165, 1.54) is 17.6 Å². The molecule has 2 saturated heterocycles. The largest absolute Gasteiger partial charge is 0.494 e. The Kier molecular flexibility index (Phi) is 11.4. The molecule has 4 aliphatic heterocycles. The average Bonchev–Trinajstić information content (AvgIpc) is 3.10. The highest BCUT2D eigenvalue weighted by Crippen LogP contribution is 2.38. The van der Waals surface area contributed by atoms with Gasteiger partial charge < -0.3 is 30.5 Å². The highest BCUT2D eigenvalue weighted by molar-refractivity contribution is 9.10. The number of methoxy groups -OCH3 is 1. The maximum atomic E-state index is 13.1. The minimum absolute atomic E-state index is 0.00843. The van der Waals surface area contributed by atoms with Crippen molar-refractivity contribution in [2.75, 3.05) is 93.1 Å². The smallest absolute Gasteiger partial charge is 0.232 e. The summed E-state index contributed by atoms with van der Waals surface area (Å²) in [6.45, 7) is 6.87. The minimum atomic E-state index is -3.55. The van der Waals surface area contributed by atoms with Crippen LogP contribution in [0.1, 0.15) is 36.8 Å². The summed E-state index contributed by atoms with van der Waals surface area (Å²) in [6.07, 6.45) is 7.30. The lowest BCUT2D eigenvalue weighted by Crippen LogP contribution is -2.52. The number of nitrogens with one attached hydrogen (secondary N) is 3. The van der Waals surface area contributed by atoms with E-state index in [9.17, 15) is 13.2 Å². The predicted octanol–water partition coefficient (Wildman–Crippen LogP) is 4.34. The van der Waals surface area contributed by atoms with Gasteiger partial charge in [0.15, 0.2) is 0 Å². The van der Waals surface area contributed by atoms with Crippen molar-refractivity contribution in [2.45, 2.75) is 44.6 Å². The van der Waals surface area contributed by atoms with Crippen LogP contribution in [0.25, 0.3) is 0 Å². The van der Waals surface area contributed by atoms with Gasteiger partial charge in [0.25, 0.3) is 0 Å². The molecule has 270 valence electrons. The Morgan fingerprint density at radius 1 is 0.980 bits per heavy atom. The fraction of sp³-hybridized carbons (Fsp3) is 0.514. The molecule has 1 amide bonds. The average molecular weight is 771 g/mol. The number of benzene rings is 2. The number of carbonyl (C=O) groups is 1. The number of sulfonamides is 1.